The molecule has 1 aliphatic carbocycles. The highest BCUT2D eigenvalue weighted by atomic mass is 19.2. The van der Waals surface area contributed by atoms with Crippen molar-refractivity contribution in [3.8, 4) is 0 Å². The molecule has 0 bridgehead atoms. The van der Waals surface area contributed by atoms with E-state index < -0.39 is 28.9 Å². The van der Waals surface area contributed by atoms with Gasteiger partial charge in [-0.3, -0.25) is 9.59 Å². The normalized spacial score (nSPS) is 14.8. The quantitative estimate of drug-likeness (QED) is 0.845. The van der Waals surface area contributed by atoms with Gasteiger partial charge in [0.25, 0.3) is 5.91 Å². The number of nitrogens with one attached hydrogen (secondary N) is 1. The van der Waals surface area contributed by atoms with Gasteiger partial charge in [-0.25, -0.2) is 13.2 Å². The molecule has 1 aromatic rings. The highest BCUT2D eigenvalue weighted by Gasteiger charge is 2.24. The lowest BCUT2D eigenvalue weighted by Crippen LogP contribution is -2.42. The summed E-state index contributed by atoms with van der Waals surface area (Å²) in [6.07, 6.45) is 4.01. The molecular formula is C16H19F3N2O2. The molecule has 2 amide bonds. The van der Waals surface area contributed by atoms with Crippen LogP contribution in [0.4, 0.5) is 13.2 Å². The molecule has 0 heterocycles. The fourth-order valence-corrected chi connectivity index (χ4v) is 2.90. The molecule has 1 aromatic carbocycles. The third-order valence-electron chi connectivity index (χ3n) is 4.09. The molecule has 126 valence electrons. The first-order chi connectivity index (χ1) is 10.9. The minimum Gasteiger partial charge on any atom is -0.350 e. The first-order valence-corrected chi connectivity index (χ1v) is 7.60. The molecule has 0 spiro atoms. The van der Waals surface area contributed by atoms with Crippen LogP contribution >= 0.6 is 0 Å². The Labute approximate surface area is 132 Å². The number of carbonyl (C=O) groups excluding carboxylic acids is 2. The molecule has 1 N–H and O–H groups in total. The number of amides is 2. The summed E-state index contributed by atoms with van der Waals surface area (Å²) in [4.78, 5) is 25.2. The fraction of sp³-hybridized carbons (Fsp3) is 0.500. The summed E-state index contributed by atoms with van der Waals surface area (Å²) < 4.78 is 39.5. The molecule has 23 heavy (non-hydrogen) atoms. The van der Waals surface area contributed by atoms with Crippen LogP contribution < -0.4 is 5.32 Å². The van der Waals surface area contributed by atoms with Gasteiger partial charge in [-0.05, 0) is 25.0 Å². The van der Waals surface area contributed by atoms with E-state index in [4.69, 9.17) is 0 Å². The van der Waals surface area contributed by atoms with Gasteiger partial charge in [0, 0.05) is 26.1 Å². The van der Waals surface area contributed by atoms with E-state index in [0.717, 1.165) is 31.7 Å². The van der Waals surface area contributed by atoms with E-state index in [0.29, 0.717) is 12.6 Å². The summed E-state index contributed by atoms with van der Waals surface area (Å²) in [5.74, 6) is -5.44. The highest BCUT2D eigenvalue weighted by Crippen LogP contribution is 2.23. The Kier molecular flexibility index (Phi) is 5.63. The van der Waals surface area contributed by atoms with E-state index >= 15 is 0 Å². The lowest BCUT2D eigenvalue weighted by Gasteiger charge is -2.27. The lowest BCUT2D eigenvalue weighted by molar-refractivity contribution is -0.131. The van der Waals surface area contributed by atoms with Gasteiger partial charge in [0.1, 0.15) is 0 Å². The molecule has 0 saturated heterocycles. The van der Waals surface area contributed by atoms with Crippen molar-refractivity contribution in [1.29, 1.82) is 0 Å². The number of nitrogens with zero attached hydrogens (tertiary/aromatic N) is 1. The summed E-state index contributed by atoms with van der Waals surface area (Å²) in [5.41, 5.74) is -0.556. The maximum Gasteiger partial charge on any atom is 0.254 e. The Hall–Kier alpha value is -2.05. The molecule has 1 saturated carbocycles. The van der Waals surface area contributed by atoms with Gasteiger partial charge in [-0.2, -0.15) is 0 Å². The second-order valence-electron chi connectivity index (χ2n) is 5.63. The van der Waals surface area contributed by atoms with Crippen LogP contribution in [-0.4, -0.2) is 35.8 Å². The van der Waals surface area contributed by atoms with Gasteiger partial charge in [-0.1, -0.05) is 12.8 Å². The van der Waals surface area contributed by atoms with Crippen molar-refractivity contribution in [2.45, 2.75) is 38.6 Å². The third-order valence-corrected chi connectivity index (χ3v) is 4.09. The predicted octanol–water partition coefficient (Wildman–Crippen LogP) is 2.62. The molecule has 0 aromatic heterocycles. The smallest absolute Gasteiger partial charge is 0.254 e. The Bertz CT molecular complexity index is 601. The summed E-state index contributed by atoms with van der Waals surface area (Å²) in [7, 11) is 0. The predicted molar refractivity (Wildman–Crippen MR) is 78.3 cm³/mol. The average molecular weight is 328 g/mol. The highest BCUT2D eigenvalue weighted by molar-refractivity contribution is 5.94. The van der Waals surface area contributed by atoms with E-state index in [9.17, 15) is 22.8 Å². The molecule has 0 radical (unpaired) electrons. The van der Waals surface area contributed by atoms with E-state index in [1.165, 1.54) is 6.92 Å². The number of halogens is 3. The van der Waals surface area contributed by atoms with Gasteiger partial charge in [0.2, 0.25) is 5.91 Å². The number of carbonyl (C=O) groups is 2. The molecule has 1 aliphatic rings. The minimum absolute atomic E-state index is 0.0786. The third kappa shape index (κ3) is 4.03. The zero-order chi connectivity index (χ0) is 17.0. The van der Waals surface area contributed by atoms with Crippen molar-refractivity contribution >= 4 is 11.8 Å². The van der Waals surface area contributed by atoms with Crippen LogP contribution in [0, 0.1) is 17.5 Å². The van der Waals surface area contributed by atoms with E-state index in [2.05, 4.69) is 5.32 Å². The summed E-state index contributed by atoms with van der Waals surface area (Å²) in [5, 5.41) is 2.43. The summed E-state index contributed by atoms with van der Waals surface area (Å²) >= 11 is 0. The molecular weight excluding hydrogens is 309 g/mol. The summed E-state index contributed by atoms with van der Waals surface area (Å²) in [6.45, 7) is 1.89. The van der Waals surface area contributed by atoms with Gasteiger partial charge in [-0.15, -0.1) is 0 Å². The lowest BCUT2D eigenvalue weighted by atomic mass is 10.2. The van der Waals surface area contributed by atoms with Gasteiger partial charge in [0.15, 0.2) is 17.5 Å². The van der Waals surface area contributed by atoms with Crippen LogP contribution in [0.15, 0.2) is 12.1 Å². The molecule has 7 heteroatoms. The largest absolute Gasteiger partial charge is 0.350 e. The summed E-state index contributed by atoms with van der Waals surface area (Å²) in [6, 6.07) is 1.76. The zero-order valence-corrected chi connectivity index (χ0v) is 12.9. The van der Waals surface area contributed by atoms with Crippen LogP contribution in [0.1, 0.15) is 43.0 Å². The van der Waals surface area contributed by atoms with Crippen molar-refractivity contribution in [2.75, 3.05) is 13.1 Å². The van der Waals surface area contributed by atoms with Crippen molar-refractivity contribution in [2.24, 2.45) is 0 Å². The van der Waals surface area contributed by atoms with E-state index in [1.807, 2.05) is 0 Å². The van der Waals surface area contributed by atoms with Crippen molar-refractivity contribution in [3.05, 3.63) is 35.1 Å². The Morgan fingerprint density at radius 1 is 1.17 bits per heavy atom. The number of benzene rings is 1. The Morgan fingerprint density at radius 3 is 2.43 bits per heavy atom. The zero-order valence-electron chi connectivity index (χ0n) is 12.9. The first-order valence-electron chi connectivity index (χ1n) is 7.60. The van der Waals surface area contributed by atoms with E-state index in [-0.39, 0.29) is 18.5 Å². The monoisotopic (exact) mass is 328 g/mol. The molecule has 0 atom stereocenters. The van der Waals surface area contributed by atoms with Crippen LogP contribution in [0.3, 0.4) is 0 Å². The number of rotatable bonds is 5. The first kappa shape index (κ1) is 17.3. The SMILES string of the molecule is CC(=O)N(CCNC(=O)c1ccc(F)c(F)c1F)C1CCCC1. The van der Waals surface area contributed by atoms with E-state index in [1.54, 1.807) is 4.90 Å². The van der Waals surface area contributed by atoms with Crippen molar-refractivity contribution < 1.29 is 22.8 Å². The topological polar surface area (TPSA) is 49.4 Å². The molecule has 1 fully saturated rings. The Morgan fingerprint density at radius 2 is 1.83 bits per heavy atom. The van der Waals surface area contributed by atoms with Gasteiger partial charge in [0.05, 0.1) is 5.56 Å². The van der Waals surface area contributed by atoms with Gasteiger partial charge < -0.3 is 10.2 Å². The average Bonchev–Trinajstić information content (AvgIpc) is 3.02. The Balaban J connectivity index is 1.93. The second-order valence-corrected chi connectivity index (χ2v) is 5.63. The van der Waals surface area contributed by atoms with Crippen molar-refractivity contribution in [1.82, 2.24) is 10.2 Å². The molecule has 0 aliphatic heterocycles. The second kappa shape index (κ2) is 7.48. The maximum atomic E-state index is 13.5. The molecule has 4 nitrogen and oxygen atoms in total. The standard InChI is InChI=1S/C16H19F3N2O2/c1-10(22)21(11-4-2-3-5-11)9-8-20-16(23)12-6-7-13(17)15(19)14(12)18/h6-7,11H,2-5,8-9H2,1H3,(H,20,23). The number of hydrogen-bond acceptors (Lipinski definition) is 2. The fourth-order valence-electron chi connectivity index (χ4n) is 2.90. The molecule has 2 rings (SSSR count). The van der Waals surface area contributed by atoms with Crippen molar-refractivity contribution in [3.63, 3.8) is 0 Å². The minimum atomic E-state index is -1.67. The maximum absolute atomic E-state index is 13.5. The van der Waals surface area contributed by atoms with Crippen LogP contribution in [0.25, 0.3) is 0 Å². The molecule has 0 unspecified atom stereocenters. The van der Waals surface area contributed by atoms with Crippen LogP contribution in [-0.2, 0) is 4.79 Å². The van der Waals surface area contributed by atoms with Crippen LogP contribution in [0.2, 0.25) is 0 Å². The van der Waals surface area contributed by atoms with Gasteiger partial charge >= 0.3 is 0 Å². The van der Waals surface area contributed by atoms with Crippen LogP contribution in [0.5, 0.6) is 0 Å². The number of hydrogen-bond donors (Lipinski definition) is 1.